The molecule has 0 aromatic heterocycles. The zero-order valence-corrected chi connectivity index (χ0v) is 9.26. The minimum absolute atomic E-state index is 0.0556. The predicted molar refractivity (Wildman–Crippen MR) is 51.4 cm³/mol. The molecule has 4 nitrogen and oxygen atoms in total. The van der Waals surface area contributed by atoms with Gasteiger partial charge in [0.2, 0.25) is 0 Å². The Labute approximate surface area is 80.1 Å². The highest BCUT2D eigenvalue weighted by molar-refractivity contribution is 7.91. The van der Waals surface area contributed by atoms with E-state index < -0.39 is 16.1 Å². The molecule has 0 rings (SSSR count). The van der Waals surface area contributed by atoms with Crippen molar-refractivity contribution in [2.75, 3.05) is 25.7 Å². The van der Waals surface area contributed by atoms with E-state index in [1.54, 1.807) is 0 Å². The lowest BCUT2D eigenvalue weighted by atomic mass is 10.4. The van der Waals surface area contributed by atoms with Crippen molar-refractivity contribution < 1.29 is 17.9 Å². The van der Waals surface area contributed by atoms with Crippen molar-refractivity contribution in [1.82, 2.24) is 0 Å². The van der Waals surface area contributed by atoms with E-state index >= 15 is 0 Å². The summed E-state index contributed by atoms with van der Waals surface area (Å²) in [4.78, 5) is 0. The van der Waals surface area contributed by atoms with Gasteiger partial charge in [0.05, 0.1) is 5.75 Å². The summed E-state index contributed by atoms with van der Waals surface area (Å²) in [7, 11) is -0.149. The Morgan fingerprint density at radius 2 is 1.77 bits per heavy atom. The molecule has 0 fully saturated rings. The Bertz CT molecular complexity index is 206. The summed E-state index contributed by atoms with van der Waals surface area (Å²) in [6.07, 6.45) is 0.939. The molecule has 0 spiro atoms. The van der Waals surface area contributed by atoms with E-state index in [-0.39, 0.29) is 11.5 Å². The van der Waals surface area contributed by atoms with Gasteiger partial charge in [-0.25, -0.2) is 8.42 Å². The van der Waals surface area contributed by atoms with Gasteiger partial charge in [-0.05, 0) is 6.42 Å². The molecule has 0 aliphatic rings. The van der Waals surface area contributed by atoms with Crippen LogP contribution in [0.3, 0.4) is 0 Å². The lowest BCUT2D eigenvalue weighted by Gasteiger charge is -2.12. The second-order valence-electron chi connectivity index (χ2n) is 2.87. The van der Waals surface area contributed by atoms with Crippen LogP contribution in [-0.2, 0) is 19.3 Å². The first kappa shape index (κ1) is 12.9. The van der Waals surface area contributed by atoms with Gasteiger partial charge < -0.3 is 9.47 Å². The molecule has 0 amide bonds. The van der Waals surface area contributed by atoms with Crippen LogP contribution in [0.5, 0.6) is 0 Å². The van der Waals surface area contributed by atoms with Crippen molar-refractivity contribution in [3.63, 3.8) is 0 Å². The van der Waals surface area contributed by atoms with Crippen LogP contribution in [0.2, 0.25) is 0 Å². The molecule has 0 aliphatic heterocycles. The molecule has 0 atom stereocenters. The predicted octanol–water partition coefficient (Wildman–Crippen LogP) is 0.820. The van der Waals surface area contributed by atoms with Gasteiger partial charge in [-0.2, -0.15) is 0 Å². The molecule has 0 saturated heterocycles. The largest absolute Gasteiger partial charge is 0.355 e. The summed E-state index contributed by atoms with van der Waals surface area (Å²) in [5.41, 5.74) is 0. The molecule has 0 saturated carbocycles. The fraction of sp³-hybridized carbons (Fsp3) is 1.00. The summed E-state index contributed by atoms with van der Waals surface area (Å²) in [6.45, 7) is 1.96. The van der Waals surface area contributed by atoms with Gasteiger partial charge in [0.15, 0.2) is 16.1 Å². The van der Waals surface area contributed by atoms with Gasteiger partial charge in [-0.15, -0.1) is 0 Å². The van der Waals surface area contributed by atoms with E-state index in [1.807, 2.05) is 6.92 Å². The summed E-state index contributed by atoms with van der Waals surface area (Å²) in [5.74, 6) is 0.159. The number of hydrogen-bond donors (Lipinski definition) is 0. The molecule has 0 aromatic rings. The molecule has 0 N–H and O–H groups in total. The van der Waals surface area contributed by atoms with Crippen molar-refractivity contribution in [3.05, 3.63) is 0 Å². The Morgan fingerprint density at radius 1 is 1.23 bits per heavy atom. The van der Waals surface area contributed by atoms with Crippen molar-refractivity contribution >= 4 is 9.84 Å². The van der Waals surface area contributed by atoms with Crippen LogP contribution in [-0.4, -0.2) is 40.4 Å². The van der Waals surface area contributed by atoms with E-state index in [0.717, 1.165) is 6.42 Å². The number of sulfone groups is 1. The SMILES string of the molecule is CCCCS(=O)(=O)CC(OC)OC. The highest BCUT2D eigenvalue weighted by Gasteiger charge is 2.17. The second-order valence-corrected chi connectivity index (χ2v) is 5.10. The lowest BCUT2D eigenvalue weighted by Crippen LogP contribution is -2.26. The minimum Gasteiger partial charge on any atom is -0.355 e. The van der Waals surface area contributed by atoms with Crippen LogP contribution in [0.15, 0.2) is 0 Å². The Morgan fingerprint density at radius 3 is 2.15 bits per heavy atom. The summed E-state index contributed by atoms with van der Waals surface area (Å²) in [5, 5.41) is 0. The molecular formula is C8H18O4S. The molecule has 13 heavy (non-hydrogen) atoms. The Hall–Kier alpha value is -0.130. The van der Waals surface area contributed by atoms with E-state index in [2.05, 4.69) is 0 Å². The van der Waals surface area contributed by atoms with Crippen molar-refractivity contribution in [2.45, 2.75) is 26.1 Å². The van der Waals surface area contributed by atoms with E-state index in [1.165, 1.54) is 14.2 Å². The molecule has 0 radical (unpaired) electrons. The zero-order chi connectivity index (χ0) is 10.3. The maximum Gasteiger partial charge on any atom is 0.170 e. The summed E-state index contributed by atoms with van der Waals surface area (Å²) in [6, 6.07) is 0. The highest BCUT2D eigenvalue weighted by atomic mass is 32.2. The Kier molecular flexibility index (Phi) is 6.28. The van der Waals surface area contributed by atoms with Crippen molar-refractivity contribution in [2.24, 2.45) is 0 Å². The van der Waals surface area contributed by atoms with Gasteiger partial charge in [-0.3, -0.25) is 0 Å². The standard InChI is InChI=1S/C8H18O4S/c1-4-5-6-13(9,10)7-8(11-2)12-3/h8H,4-7H2,1-3H3. The number of unbranched alkanes of at least 4 members (excludes halogenated alkanes) is 1. The van der Waals surface area contributed by atoms with Gasteiger partial charge >= 0.3 is 0 Å². The number of methoxy groups -OCH3 is 2. The third-order valence-electron chi connectivity index (χ3n) is 1.72. The van der Waals surface area contributed by atoms with Crippen molar-refractivity contribution in [3.8, 4) is 0 Å². The molecule has 0 aromatic carbocycles. The average molecular weight is 210 g/mol. The van der Waals surface area contributed by atoms with Crippen LogP contribution in [0.1, 0.15) is 19.8 Å². The zero-order valence-electron chi connectivity index (χ0n) is 8.45. The topological polar surface area (TPSA) is 52.6 Å². The van der Waals surface area contributed by atoms with E-state index in [4.69, 9.17) is 9.47 Å². The average Bonchev–Trinajstić information content (AvgIpc) is 2.11. The first-order valence-corrected chi connectivity index (χ1v) is 6.14. The number of ether oxygens (including phenoxy) is 2. The van der Waals surface area contributed by atoms with Gasteiger partial charge in [-0.1, -0.05) is 13.3 Å². The minimum atomic E-state index is -3.02. The fourth-order valence-electron chi connectivity index (χ4n) is 0.887. The molecule has 0 bridgehead atoms. The first-order chi connectivity index (χ1) is 6.05. The normalized spacial score (nSPS) is 12.3. The van der Waals surface area contributed by atoms with Crippen LogP contribution < -0.4 is 0 Å². The van der Waals surface area contributed by atoms with Gasteiger partial charge in [0.1, 0.15) is 5.75 Å². The molecule has 80 valence electrons. The van der Waals surface area contributed by atoms with E-state index in [9.17, 15) is 8.42 Å². The third-order valence-corrected chi connectivity index (χ3v) is 3.42. The maximum atomic E-state index is 11.4. The van der Waals surface area contributed by atoms with E-state index in [0.29, 0.717) is 6.42 Å². The lowest BCUT2D eigenvalue weighted by molar-refractivity contribution is -0.0851. The number of hydrogen-bond acceptors (Lipinski definition) is 4. The molecule has 5 heteroatoms. The smallest absolute Gasteiger partial charge is 0.170 e. The van der Waals surface area contributed by atoms with Crippen LogP contribution >= 0.6 is 0 Å². The monoisotopic (exact) mass is 210 g/mol. The molecular weight excluding hydrogens is 192 g/mol. The summed E-state index contributed by atoms with van der Waals surface area (Å²) >= 11 is 0. The van der Waals surface area contributed by atoms with Crippen LogP contribution in [0.25, 0.3) is 0 Å². The first-order valence-electron chi connectivity index (χ1n) is 4.31. The van der Waals surface area contributed by atoms with Gasteiger partial charge in [0, 0.05) is 14.2 Å². The third kappa shape index (κ3) is 6.01. The highest BCUT2D eigenvalue weighted by Crippen LogP contribution is 2.02. The maximum absolute atomic E-state index is 11.4. The van der Waals surface area contributed by atoms with Crippen molar-refractivity contribution in [1.29, 1.82) is 0 Å². The second kappa shape index (κ2) is 6.34. The Balaban J connectivity index is 4.00. The van der Waals surface area contributed by atoms with Gasteiger partial charge in [0.25, 0.3) is 0 Å². The quantitative estimate of drug-likeness (QED) is 0.584. The van der Waals surface area contributed by atoms with Crippen LogP contribution in [0, 0.1) is 0 Å². The van der Waals surface area contributed by atoms with Crippen LogP contribution in [0.4, 0.5) is 0 Å². The molecule has 0 aliphatic carbocycles. The number of rotatable bonds is 7. The molecule has 0 unspecified atom stereocenters. The molecule has 0 heterocycles. The summed E-state index contributed by atoms with van der Waals surface area (Å²) < 4.78 is 32.3. The fourth-order valence-corrected chi connectivity index (χ4v) is 2.47.